The highest BCUT2D eigenvalue weighted by Crippen LogP contribution is 2.12. The van der Waals surface area contributed by atoms with E-state index in [4.69, 9.17) is 12.2 Å². The highest BCUT2D eigenvalue weighted by Gasteiger charge is 2.04. The van der Waals surface area contributed by atoms with Gasteiger partial charge >= 0.3 is 0 Å². The molecule has 13 heavy (non-hydrogen) atoms. The van der Waals surface area contributed by atoms with E-state index >= 15 is 0 Å². The predicted octanol–water partition coefficient (Wildman–Crippen LogP) is 3.33. The minimum atomic E-state index is 0.523. The van der Waals surface area contributed by atoms with E-state index in [2.05, 4.69) is 43.5 Å². The molecular formula is C10H18N2S. The smallest absolute Gasteiger partial charge is 0.122 e. The Morgan fingerprint density at radius 3 is 2.38 bits per heavy atom. The molecule has 0 spiro atoms. The Morgan fingerprint density at radius 1 is 1.38 bits per heavy atom. The number of aromatic amines is 1. The van der Waals surface area contributed by atoms with Crippen LogP contribution in [0.4, 0.5) is 0 Å². The molecule has 0 unspecified atom stereocenters. The monoisotopic (exact) mass is 198 g/mol. The Morgan fingerprint density at radius 2 is 2.00 bits per heavy atom. The zero-order valence-corrected chi connectivity index (χ0v) is 9.61. The first kappa shape index (κ1) is 10.5. The molecule has 1 aromatic heterocycles. The summed E-state index contributed by atoms with van der Waals surface area (Å²) in [5.41, 5.74) is 1.23. The van der Waals surface area contributed by atoms with Crippen LogP contribution in [-0.2, 0) is 6.54 Å². The molecule has 1 N–H and O–H groups in total. The molecule has 74 valence electrons. The lowest BCUT2D eigenvalue weighted by atomic mass is 10.1. The maximum atomic E-state index is 5.24. The van der Waals surface area contributed by atoms with E-state index in [9.17, 15) is 0 Å². The van der Waals surface area contributed by atoms with E-state index in [1.807, 2.05) is 0 Å². The van der Waals surface area contributed by atoms with Gasteiger partial charge in [0.15, 0.2) is 0 Å². The molecule has 0 saturated carbocycles. The van der Waals surface area contributed by atoms with Crippen molar-refractivity contribution in [3.8, 4) is 0 Å². The highest BCUT2D eigenvalue weighted by atomic mass is 32.1. The number of aromatic nitrogens is 2. The third kappa shape index (κ3) is 2.69. The summed E-state index contributed by atoms with van der Waals surface area (Å²) in [6, 6.07) is 2.06. The minimum Gasteiger partial charge on any atom is -0.301 e. The van der Waals surface area contributed by atoms with Crippen LogP contribution in [0.15, 0.2) is 6.07 Å². The lowest BCUT2D eigenvalue weighted by Crippen LogP contribution is -2.06. The van der Waals surface area contributed by atoms with Crippen LogP contribution >= 0.6 is 12.2 Å². The van der Waals surface area contributed by atoms with Crippen molar-refractivity contribution in [1.82, 2.24) is 9.78 Å². The largest absolute Gasteiger partial charge is 0.301 e. The van der Waals surface area contributed by atoms with Crippen LogP contribution in [0.25, 0.3) is 0 Å². The van der Waals surface area contributed by atoms with Gasteiger partial charge < -0.3 is 5.10 Å². The van der Waals surface area contributed by atoms with E-state index in [1.165, 1.54) is 5.69 Å². The molecule has 0 atom stereocenters. The second-order valence-electron chi connectivity index (χ2n) is 4.21. The van der Waals surface area contributed by atoms with Crippen LogP contribution in [0.2, 0.25) is 0 Å². The van der Waals surface area contributed by atoms with Crippen LogP contribution in [0.3, 0.4) is 0 Å². The average molecular weight is 198 g/mol. The zero-order valence-electron chi connectivity index (χ0n) is 8.79. The molecule has 0 fully saturated rings. The van der Waals surface area contributed by atoms with Crippen molar-refractivity contribution in [2.24, 2.45) is 5.92 Å². The van der Waals surface area contributed by atoms with E-state index in [1.54, 1.807) is 0 Å². The van der Waals surface area contributed by atoms with E-state index in [0.717, 1.165) is 11.2 Å². The summed E-state index contributed by atoms with van der Waals surface area (Å²) in [5, 5.41) is 3.32. The van der Waals surface area contributed by atoms with Gasteiger partial charge in [0.25, 0.3) is 0 Å². The lowest BCUT2D eigenvalue weighted by Gasteiger charge is -2.06. The maximum Gasteiger partial charge on any atom is 0.122 e. The summed E-state index contributed by atoms with van der Waals surface area (Å²) < 4.78 is 2.97. The van der Waals surface area contributed by atoms with Crippen LogP contribution in [-0.4, -0.2) is 9.78 Å². The molecule has 0 aliphatic rings. The summed E-state index contributed by atoms with van der Waals surface area (Å²) in [7, 11) is 0. The first-order chi connectivity index (χ1) is 6.00. The van der Waals surface area contributed by atoms with Crippen molar-refractivity contribution in [1.29, 1.82) is 0 Å². The molecule has 0 aromatic carbocycles. The molecule has 0 aliphatic carbocycles. The number of nitrogens with zero attached hydrogens (tertiary/aromatic N) is 1. The Kier molecular flexibility index (Phi) is 3.31. The van der Waals surface area contributed by atoms with Crippen LogP contribution < -0.4 is 0 Å². The van der Waals surface area contributed by atoms with Crippen LogP contribution in [0.1, 0.15) is 39.3 Å². The number of H-pyrrole nitrogens is 1. The highest BCUT2D eigenvalue weighted by molar-refractivity contribution is 7.71. The summed E-state index contributed by atoms with van der Waals surface area (Å²) in [6.07, 6.45) is 0. The Bertz CT molecular complexity index is 320. The van der Waals surface area contributed by atoms with Gasteiger partial charge in [-0.1, -0.05) is 39.9 Å². The van der Waals surface area contributed by atoms with Gasteiger partial charge in [-0.25, -0.2) is 0 Å². The molecule has 3 heteroatoms. The molecule has 1 heterocycles. The zero-order chi connectivity index (χ0) is 10.0. The molecule has 0 amide bonds. The minimum absolute atomic E-state index is 0.523. The molecule has 0 aliphatic heterocycles. The average Bonchev–Trinajstić information content (AvgIpc) is 2.31. The molecule has 1 aromatic rings. The molecule has 1 rings (SSSR count). The predicted molar refractivity (Wildman–Crippen MR) is 58.5 cm³/mol. The summed E-state index contributed by atoms with van der Waals surface area (Å²) in [5.74, 6) is 1.15. The van der Waals surface area contributed by atoms with Crippen molar-refractivity contribution in [3.63, 3.8) is 0 Å². The quantitative estimate of drug-likeness (QED) is 0.739. The van der Waals surface area contributed by atoms with Gasteiger partial charge in [0.1, 0.15) is 4.64 Å². The first-order valence-electron chi connectivity index (χ1n) is 4.80. The van der Waals surface area contributed by atoms with Gasteiger partial charge in [-0.2, -0.15) is 0 Å². The second-order valence-corrected chi connectivity index (χ2v) is 4.63. The van der Waals surface area contributed by atoms with Crippen LogP contribution in [0.5, 0.6) is 0 Å². The second kappa shape index (κ2) is 4.09. The number of hydrogen-bond acceptors (Lipinski definition) is 1. The van der Waals surface area contributed by atoms with Crippen LogP contribution in [0, 0.1) is 10.6 Å². The maximum absolute atomic E-state index is 5.24. The summed E-state index contributed by atoms with van der Waals surface area (Å²) >= 11 is 5.24. The number of nitrogens with one attached hydrogen (secondary N) is 1. The van der Waals surface area contributed by atoms with Crippen molar-refractivity contribution in [3.05, 3.63) is 16.4 Å². The fourth-order valence-corrected chi connectivity index (χ4v) is 1.50. The summed E-state index contributed by atoms with van der Waals surface area (Å²) in [6.45, 7) is 9.70. The van der Waals surface area contributed by atoms with Gasteiger partial charge in [0, 0.05) is 12.2 Å². The Hall–Kier alpha value is -0.570. The molecule has 0 bridgehead atoms. The molecule has 0 radical (unpaired) electrons. The normalized spacial score (nSPS) is 11.5. The third-order valence-corrected chi connectivity index (χ3v) is 2.32. The van der Waals surface area contributed by atoms with E-state index in [0.29, 0.717) is 11.8 Å². The standard InChI is InChI=1S/C10H18N2S/c1-7(2)6-12-10(13)5-9(11-12)8(3)4/h5,7-8,11H,6H2,1-4H3. The van der Waals surface area contributed by atoms with Crippen molar-refractivity contribution < 1.29 is 0 Å². The molecule has 0 saturated heterocycles. The topological polar surface area (TPSA) is 20.7 Å². The van der Waals surface area contributed by atoms with Gasteiger partial charge in [-0.3, -0.25) is 4.68 Å². The van der Waals surface area contributed by atoms with E-state index < -0.39 is 0 Å². The number of hydrogen-bond donors (Lipinski definition) is 1. The molecule has 2 nitrogen and oxygen atoms in total. The fraction of sp³-hybridized carbons (Fsp3) is 0.700. The van der Waals surface area contributed by atoms with Gasteiger partial charge in [-0.05, 0) is 17.9 Å². The van der Waals surface area contributed by atoms with Crippen molar-refractivity contribution in [2.75, 3.05) is 0 Å². The Labute approximate surface area is 85.0 Å². The van der Waals surface area contributed by atoms with Crippen molar-refractivity contribution >= 4 is 12.2 Å². The molecular weight excluding hydrogens is 180 g/mol. The van der Waals surface area contributed by atoms with Gasteiger partial charge in [-0.15, -0.1) is 0 Å². The SMILES string of the molecule is CC(C)Cn1[nH]c(C(C)C)cc1=S. The van der Waals surface area contributed by atoms with Crippen molar-refractivity contribution in [2.45, 2.75) is 40.2 Å². The third-order valence-electron chi connectivity index (χ3n) is 1.98. The first-order valence-corrected chi connectivity index (χ1v) is 5.21. The fourth-order valence-electron chi connectivity index (χ4n) is 1.25. The summed E-state index contributed by atoms with van der Waals surface area (Å²) in [4.78, 5) is 0. The van der Waals surface area contributed by atoms with Gasteiger partial charge in [0.05, 0.1) is 0 Å². The number of rotatable bonds is 3. The van der Waals surface area contributed by atoms with Gasteiger partial charge in [0.2, 0.25) is 0 Å². The Balaban J connectivity index is 2.90. The van der Waals surface area contributed by atoms with E-state index in [-0.39, 0.29) is 0 Å². The lowest BCUT2D eigenvalue weighted by molar-refractivity contribution is 0.474.